The van der Waals surface area contributed by atoms with Crippen LogP contribution in [0.5, 0.6) is 0 Å². The van der Waals surface area contributed by atoms with Crippen LogP contribution in [0.2, 0.25) is 0 Å². The Labute approximate surface area is 132 Å². The van der Waals surface area contributed by atoms with Crippen LogP contribution in [0.1, 0.15) is 22.8 Å². The number of halogens is 1. The Kier molecular flexibility index (Phi) is 4.85. The Morgan fingerprint density at radius 3 is 2.52 bits per heavy atom. The summed E-state index contributed by atoms with van der Waals surface area (Å²) in [5, 5.41) is 0. The maximum Gasteiger partial charge on any atom is 0.249 e. The van der Waals surface area contributed by atoms with E-state index in [1.165, 1.54) is 0 Å². The number of nitrogens with two attached hydrogens (primary N) is 2. The van der Waals surface area contributed by atoms with E-state index in [9.17, 15) is 4.79 Å². The summed E-state index contributed by atoms with van der Waals surface area (Å²) >= 11 is 3.39. The van der Waals surface area contributed by atoms with Gasteiger partial charge in [-0.15, -0.1) is 0 Å². The van der Waals surface area contributed by atoms with Crippen LogP contribution in [0.15, 0.2) is 46.9 Å². The van der Waals surface area contributed by atoms with Gasteiger partial charge in [0.2, 0.25) is 5.91 Å². The summed E-state index contributed by atoms with van der Waals surface area (Å²) in [6.45, 7) is 3.62. The number of nitrogen functional groups attached to an aromatic ring is 1. The molecule has 0 spiro atoms. The summed E-state index contributed by atoms with van der Waals surface area (Å²) in [6, 6.07) is 13.4. The molecular weight excluding hydrogens is 330 g/mol. The number of hydrogen-bond acceptors (Lipinski definition) is 3. The van der Waals surface area contributed by atoms with Crippen LogP contribution in [-0.2, 0) is 6.54 Å². The van der Waals surface area contributed by atoms with Gasteiger partial charge in [0.15, 0.2) is 0 Å². The molecule has 0 aliphatic carbocycles. The van der Waals surface area contributed by atoms with Gasteiger partial charge in [-0.1, -0.05) is 18.2 Å². The van der Waals surface area contributed by atoms with E-state index in [0.717, 1.165) is 23.5 Å². The van der Waals surface area contributed by atoms with Gasteiger partial charge in [-0.05, 0) is 52.7 Å². The highest BCUT2D eigenvalue weighted by Crippen LogP contribution is 2.26. The Bertz CT molecular complexity index is 658. The Balaban J connectivity index is 2.28. The first kappa shape index (κ1) is 15.4. The lowest BCUT2D eigenvalue weighted by Gasteiger charge is -2.24. The first-order chi connectivity index (χ1) is 10.0. The number of anilines is 2. The number of primary amides is 1. The van der Waals surface area contributed by atoms with E-state index >= 15 is 0 Å². The first-order valence-electron chi connectivity index (χ1n) is 6.70. The van der Waals surface area contributed by atoms with Crippen molar-refractivity contribution >= 4 is 33.2 Å². The lowest BCUT2D eigenvalue weighted by molar-refractivity contribution is 0.0999. The number of carbonyl (C=O) groups is 1. The van der Waals surface area contributed by atoms with Crippen molar-refractivity contribution < 1.29 is 4.79 Å². The van der Waals surface area contributed by atoms with Crippen molar-refractivity contribution in [3.05, 3.63) is 58.1 Å². The highest BCUT2D eigenvalue weighted by Gasteiger charge is 2.11. The predicted molar refractivity (Wildman–Crippen MR) is 90.2 cm³/mol. The highest BCUT2D eigenvalue weighted by molar-refractivity contribution is 9.10. The molecule has 0 heterocycles. The molecule has 0 aliphatic rings. The first-order valence-corrected chi connectivity index (χ1v) is 7.50. The summed E-state index contributed by atoms with van der Waals surface area (Å²) in [5.41, 5.74) is 14.7. The molecule has 0 fully saturated rings. The normalized spacial score (nSPS) is 10.4. The average Bonchev–Trinajstić information content (AvgIpc) is 2.46. The molecule has 4 N–H and O–H groups in total. The zero-order chi connectivity index (χ0) is 15.4. The molecule has 1 amide bonds. The van der Waals surface area contributed by atoms with Gasteiger partial charge >= 0.3 is 0 Å². The molecule has 0 saturated heterocycles. The van der Waals surface area contributed by atoms with Crippen LogP contribution >= 0.6 is 15.9 Å². The largest absolute Gasteiger partial charge is 0.398 e. The molecule has 2 rings (SSSR count). The van der Waals surface area contributed by atoms with Gasteiger partial charge in [0.25, 0.3) is 0 Å². The van der Waals surface area contributed by atoms with Crippen LogP contribution in [0.25, 0.3) is 0 Å². The zero-order valence-electron chi connectivity index (χ0n) is 11.8. The maximum atomic E-state index is 11.3. The Morgan fingerprint density at radius 1 is 1.24 bits per heavy atom. The van der Waals surface area contributed by atoms with Crippen molar-refractivity contribution in [2.45, 2.75) is 13.5 Å². The van der Waals surface area contributed by atoms with Gasteiger partial charge in [0, 0.05) is 28.9 Å². The third kappa shape index (κ3) is 3.55. The third-order valence-electron chi connectivity index (χ3n) is 3.38. The minimum atomic E-state index is -0.441. The second-order valence-corrected chi connectivity index (χ2v) is 5.60. The molecule has 2 aromatic carbocycles. The maximum absolute atomic E-state index is 11.3. The number of carbonyl (C=O) groups excluding carboxylic acids is 1. The van der Waals surface area contributed by atoms with Crippen molar-refractivity contribution in [2.24, 2.45) is 5.73 Å². The molecule has 110 valence electrons. The summed E-state index contributed by atoms with van der Waals surface area (Å²) in [4.78, 5) is 13.5. The van der Waals surface area contributed by atoms with Crippen molar-refractivity contribution in [3.8, 4) is 0 Å². The Hall–Kier alpha value is -2.01. The topological polar surface area (TPSA) is 72.3 Å². The van der Waals surface area contributed by atoms with Gasteiger partial charge in [-0.3, -0.25) is 4.79 Å². The second kappa shape index (κ2) is 6.63. The van der Waals surface area contributed by atoms with E-state index in [4.69, 9.17) is 11.5 Å². The van der Waals surface area contributed by atoms with Gasteiger partial charge in [-0.2, -0.15) is 0 Å². The number of rotatable bonds is 5. The summed E-state index contributed by atoms with van der Waals surface area (Å²) in [7, 11) is 0. The van der Waals surface area contributed by atoms with Crippen LogP contribution in [0.4, 0.5) is 11.4 Å². The quantitative estimate of drug-likeness (QED) is 0.816. The number of hydrogen-bond donors (Lipinski definition) is 2. The molecular formula is C16H18BrN3O. The molecule has 0 saturated carbocycles. The molecule has 2 aromatic rings. The molecule has 0 radical (unpaired) electrons. The van der Waals surface area contributed by atoms with Gasteiger partial charge < -0.3 is 16.4 Å². The van der Waals surface area contributed by atoms with Crippen molar-refractivity contribution in [1.29, 1.82) is 0 Å². The van der Waals surface area contributed by atoms with E-state index in [0.29, 0.717) is 16.6 Å². The molecule has 0 atom stereocenters. The van der Waals surface area contributed by atoms with E-state index in [2.05, 4.69) is 27.8 Å². The molecule has 0 aromatic heterocycles. The van der Waals surface area contributed by atoms with E-state index in [1.54, 1.807) is 6.07 Å². The summed E-state index contributed by atoms with van der Waals surface area (Å²) in [5.74, 6) is -0.441. The number of para-hydroxylation sites is 1. The van der Waals surface area contributed by atoms with Crippen LogP contribution < -0.4 is 16.4 Å². The van der Waals surface area contributed by atoms with E-state index < -0.39 is 5.91 Å². The SMILES string of the molecule is CCN(Cc1ccccc1N)c1ccc(C(N)=O)c(Br)c1. The molecule has 0 bridgehead atoms. The third-order valence-corrected chi connectivity index (χ3v) is 4.04. The fourth-order valence-electron chi connectivity index (χ4n) is 2.17. The minimum Gasteiger partial charge on any atom is -0.398 e. The fraction of sp³-hybridized carbons (Fsp3) is 0.188. The van der Waals surface area contributed by atoms with Gasteiger partial charge in [-0.25, -0.2) is 0 Å². The van der Waals surface area contributed by atoms with Crippen LogP contribution in [-0.4, -0.2) is 12.5 Å². The number of benzene rings is 2. The lowest BCUT2D eigenvalue weighted by atomic mass is 10.1. The van der Waals surface area contributed by atoms with Crippen molar-refractivity contribution in [2.75, 3.05) is 17.2 Å². The zero-order valence-corrected chi connectivity index (χ0v) is 13.4. The van der Waals surface area contributed by atoms with E-state index in [1.807, 2.05) is 36.4 Å². The highest BCUT2D eigenvalue weighted by atomic mass is 79.9. The lowest BCUT2D eigenvalue weighted by Crippen LogP contribution is -2.23. The van der Waals surface area contributed by atoms with Gasteiger partial charge in [0.05, 0.1) is 5.56 Å². The summed E-state index contributed by atoms with van der Waals surface area (Å²) in [6.07, 6.45) is 0. The fourth-order valence-corrected chi connectivity index (χ4v) is 2.73. The number of amides is 1. The minimum absolute atomic E-state index is 0.441. The molecule has 5 heteroatoms. The van der Waals surface area contributed by atoms with Crippen molar-refractivity contribution in [1.82, 2.24) is 0 Å². The second-order valence-electron chi connectivity index (χ2n) is 4.74. The summed E-state index contributed by atoms with van der Waals surface area (Å²) < 4.78 is 0.701. The van der Waals surface area contributed by atoms with E-state index in [-0.39, 0.29) is 0 Å². The molecule has 0 aliphatic heterocycles. The number of nitrogens with zero attached hydrogens (tertiary/aromatic N) is 1. The van der Waals surface area contributed by atoms with Crippen LogP contribution in [0.3, 0.4) is 0 Å². The smallest absolute Gasteiger partial charge is 0.249 e. The van der Waals surface area contributed by atoms with Crippen LogP contribution in [0, 0.1) is 0 Å². The van der Waals surface area contributed by atoms with Crippen molar-refractivity contribution in [3.63, 3.8) is 0 Å². The standard InChI is InChI=1S/C16H18BrN3O/c1-2-20(10-11-5-3-4-6-15(11)18)12-7-8-13(16(19)21)14(17)9-12/h3-9H,2,10,18H2,1H3,(H2,19,21). The predicted octanol–water partition coefficient (Wildman–Crippen LogP) is 3.16. The molecule has 4 nitrogen and oxygen atoms in total. The monoisotopic (exact) mass is 347 g/mol. The average molecular weight is 348 g/mol. The Morgan fingerprint density at radius 2 is 1.95 bits per heavy atom. The molecule has 0 unspecified atom stereocenters. The molecule has 21 heavy (non-hydrogen) atoms. The van der Waals surface area contributed by atoms with Gasteiger partial charge in [0.1, 0.15) is 0 Å².